The van der Waals surface area contributed by atoms with Gasteiger partial charge in [0.15, 0.2) is 0 Å². The van der Waals surface area contributed by atoms with E-state index in [-0.39, 0.29) is 6.71 Å². The van der Waals surface area contributed by atoms with Crippen LogP contribution in [0.5, 0.6) is 0 Å². The molecule has 7 heteroatoms. The molecule has 0 saturated heterocycles. The summed E-state index contributed by atoms with van der Waals surface area (Å²) in [7, 11) is 0. The Balaban J connectivity index is 1.51. The molecule has 2 aliphatic heterocycles. The first-order chi connectivity index (χ1) is 23.3. The van der Waals surface area contributed by atoms with Gasteiger partial charge in [0.25, 0.3) is 6.71 Å². The Labute approximate surface area is 278 Å². The summed E-state index contributed by atoms with van der Waals surface area (Å²) >= 11 is 0. The van der Waals surface area contributed by atoms with Gasteiger partial charge in [-0.05, 0) is 101 Å². The van der Waals surface area contributed by atoms with Crippen molar-refractivity contribution in [2.24, 2.45) is 0 Å². The molecule has 48 heavy (non-hydrogen) atoms. The second kappa shape index (κ2) is 11.7. The van der Waals surface area contributed by atoms with Crippen molar-refractivity contribution in [3.05, 3.63) is 150 Å². The van der Waals surface area contributed by atoms with Crippen LogP contribution < -0.4 is 26.2 Å². The van der Waals surface area contributed by atoms with Crippen molar-refractivity contribution in [1.82, 2.24) is 0 Å². The predicted molar refractivity (Wildman–Crippen MR) is 189 cm³/mol. The fourth-order valence-electron chi connectivity index (χ4n) is 7.40. The second-order valence-electron chi connectivity index (χ2n) is 12.7. The van der Waals surface area contributed by atoms with Crippen molar-refractivity contribution >= 4 is 57.2 Å². The van der Waals surface area contributed by atoms with Crippen LogP contribution in [0.25, 0.3) is 11.1 Å². The van der Waals surface area contributed by atoms with Gasteiger partial charge in [0.2, 0.25) is 0 Å². The van der Waals surface area contributed by atoms with Gasteiger partial charge in [-0.2, -0.15) is 0 Å². The zero-order chi connectivity index (χ0) is 33.1. The van der Waals surface area contributed by atoms with Crippen molar-refractivity contribution < 1.29 is 17.6 Å². The largest absolute Gasteiger partial charge is 0.311 e. The van der Waals surface area contributed by atoms with E-state index in [4.69, 9.17) is 0 Å². The molecule has 0 radical (unpaired) electrons. The maximum absolute atomic E-state index is 15.0. The van der Waals surface area contributed by atoms with Gasteiger partial charge in [0.1, 0.15) is 23.3 Å². The minimum Gasteiger partial charge on any atom is -0.311 e. The average molecular weight is 639 g/mol. The topological polar surface area (TPSA) is 6.48 Å². The highest BCUT2D eigenvalue weighted by Crippen LogP contribution is 2.46. The van der Waals surface area contributed by atoms with Crippen molar-refractivity contribution in [3.8, 4) is 11.1 Å². The Morgan fingerprint density at radius 2 is 1.08 bits per heavy atom. The molecule has 0 spiro atoms. The molecule has 236 valence electrons. The quantitative estimate of drug-likeness (QED) is 0.132. The van der Waals surface area contributed by atoms with E-state index in [2.05, 4.69) is 43.3 Å². The summed E-state index contributed by atoms with van der Waals surface area (Å²) in [6.45, 7) is 3.94. The lowest BCUT2D eigenvalue weighted by molar-refractivity contribution is 0.583. The van der Waals surface area contributed by atoms with E-state index < -0.39 is 23.3 Å². The molecule has 0 unspecified atom stereocenters. The van der Waals surface area contributed by atoms with Gasteiger partial charge in [0, 0.05) is 34.9 Å². The van der Waals surface area contributed by atoms with Crippen molar-refractivity contribution in [2.45, 2.75) is 33.1 Å². The van der Waals surface area contributed by atoms with Crippen LogP contribution >= 0.6 is 0 Å². The minimum atomic E-state index is -0.684. The molecule has 2 nitrogen and oxygen atoms in total. The van der Waals surface area contributed by atoms with E-state index in [1.807, 2.05) is 59.2 Å². The Morgan fingerprint density at radius 1 is 0.542 bits per heavy atom. The average Bonchev–Trinajstić information content (AvgIpc) is 3.06. The Hall–Kier alpha value is -5.30. The normalized spacial score (nSPS) is 12.9. The molecule has 0 N–H and O–H groups in total. The number of unbranched alkanes of at least 4 members (excludes halogenated alkanes) is 1. The monoisotopic (exact) mass is 638 g/mol. The highest BCUT2D eigenvalue weighted by atomic mass is 19.1. The summed E-state index contributed by atoms with van der Waals surface area (Å²) in [5, 5.41) is 0. The molecule has 0 fully saturated rings. The molecule has 0 amide bonds. The third-order valence-electron chi connectivity index (χ3n) is 9.42. The Bertz CT molecular complexity index is 2160. The van der Waals surface area contributed by atoms with Crippen LogP contribution in [-0.4, -0.2) is 6.71 Å². The summed E-state index contributed by atoms with van der Waals surface area (Å²) in [5.74, 6) is -2.73. The third-order valence-corrected chi connectivity index (χ3v) is 9.42. The van der Waals surface area contributed by atoms with Crippen LogP contribution in [0.15, 0.2) is 115 Å². The van der Waals surface area contributed by atoms with Crippen LogP contribution in [0.1, 0.15) is 30.9 Å². The van der Waals surface area contributed by atoms with Gasteiger partial charge >= 0.3 is 0 Å². The van der Waals surface area contributed by atoms with Crippen molar-refractivity contribution in [1.29, 1.82) is 0 Å². The Morgan fingerprint density at radius 3 is 1.65 bits per heavy atom. The smallest absolute Gasteiger partial charge is 0.252 e. The van der Waals surface area contributed by atoms with Crippen LogP contribution in [0.4, 0.5) is 51.7 Å². The molecular formula is C41H31BF4N2. The maximum atomic E-state index is 15.0. The molecule has 2 heterocycles. The number of nitrogens with zero attached hydrogens (tertiary/aromatic N) is 2. The van der Waals surface area contributed by atoms with E-state index in [9.17, 15) is 17.6 Å². The van der Waals surface area contributed by atoms with Gasteiger partial charge in [-0.15, -0.1) is 0 Å². The number of anilines is 6. The summed E-state index contributed by atoms with van der Waals surface area (Å²) in [5.41, 5.74) is 10.7. The van der Waals surface area contributed by atoms with Crippen LogP contribution in [-0.2, 0) is 6.42 Å². The van der Waals surface area contributed by atoms with Crippen molar-refractivity contribution in [3.63, 3.8) is 0 Å². The fraction of sp³-hybridized carbons (Fsp3) is 0.122. The number of halogens is 4. The molecule has 0 atom stereocenters. The molecule has 2 aliphatic rings. The van der Waals surface area contributed by atoms with Gasteiger partial charge in [0.05, 0.1) is 11.4 Å². The molecule has 0 saturated carbocycles. The second-order valence-corrected chi connectivity index (χ2v) is 12.7. The summed E-state index contributed by atoms with van der Waals surface area (Å²) < 4.78 is 59.8. The maximum Gasteiger partial charge on any atom is 0.252 e. The van der Waals surface area contributed by atoms with Crippen molar-refractivity contribution in [2.75, 3.05) is 9.80 Å². The van der Waals surface area contributed by atoms with Crippen LogP contribution in [0.2, 0.25) is 0 Å². The summed E-state index contributed by atoms with van der Waals surface area (Å²) in [4.78, 5) is 3.84. The molecule has 0 aromatic heterocycles. The van der Waals surface area contributed by atoms with Gasteiger partial charge in [-0.25, -0.2) is 17.6 Å². The molecule has 8 rings (SSSR count). The van der Waals surface area contributed by atoms with E-state index in [0.29, 0.717) is 11.4 Å². The highest BCUT2D eigenvalue weighted by Gasteiger charge is 2.44. The molecule has 0 aliphatic carbocycles. The summed E-state index contributed by atoms with van der Waals surface area (Å²) in [6, 6.07) is 33.6. The zero-order valence-electron chi connectivity index (χ0n) is 26.6. The predicted octanol–water partition coefficient (Wildman–Crippen LogP) is 9.64. The SMILES string of the molecule is CCCCc1ccc2c(c1)B1c3cc(C)ccc3N(c3cc(F)cc(F)c3)c3cc(-c4ccccc4)cc(c31)N2c1cc(F)cc(F)c1. The highest BCUT2D eigenvalue weighted by molar-refractivity contribution is 7.00. The standard InChI is InChI=1S/C41H31BF4N2/c1-3-4-8-26-12-14-38-36(16-26)42-35-15-25(2)11-13-37(35)47(33-21-29(43)19-30(44)22-33)39-17-28(27-9-6-5-7-10-27)18-40(41(39)42)48(38)34-23-31(45)20-32(46)24-34/h5-7,9-24H,3-4,8H2,1-2H3. The third kappa shape index (κ3) is 5.05. The first kappa shape index (κ1) is 30.1. The first-order valence-electron chi connectivity index (χ1n) is 16.3. The van der Waals surface area contributed by atoms with Crippen LogP contribution in [0.3, 0.4) is 0 Å². The number of benzene rings is 6. The van der Waals surface area contributed by atoms with E-state index in [0.717, 1.165) is 87.2 Å². The fourth-order valence-corrected chi connectivity index (χ4v) is 7.40. The number of hydrogen-bond donors (Lipinski definition) is 0. The molecular weight excluding hydrogens is 607 g/mol. The number of fused-ring (bicyclic) bond motifs is 4. The lowest BCUT2D eigenvalue weighted by atomic mass is 9.33. The van der Waals surface area contributed by atoms with E-state index in [1.54, 1.807) is 0 Å². The Kier molecular flexibility index (Phi) is 7.36. The minimum absolute atomic E-state index is 0.254. The van der Waals surface area contributed by atoms with E-state index in [1.165, 1.54) is 29.8 Å². The molecule has 6 aromatic carbocycles. The molecule has 0 bridgehead atoms. The summed E-state index contributed by atoms with van der Waals surface area (Å²) in [6.07, 6.45) is 2.97. The number of rotatable bonds is 6. The van der Waals surface area contributed by atoms with Gasteiger partial charge < -0.3 is 9.80 Å². The molecule has 6 aromatic rings. The number of hydrogen-bond acceptors (Lipinski definition) is 2. The lowest BCUT2D eigenvalue weighted by Crippen LogP contribution is -2.61. The zero-order valence-corrected chi connectivity index (χ0v) is 26.6. The lowest BCUT2D eigenvalue weighted by Gasteiger charge is -2.44. The van der Waals surface area contributed by atoms with Gasteiger partial charge in [-0.3, -0.25) is 0 Å². The van der Waals surface area contributed by atoms with Crippen LogP contribution in [0, 0.1) is 30.2 Å². The van der Waals surface area contributed by atoms with E-state index >= 15 is 0 Å². The first-order valence-corrected chi connectivity index (χ1v) is 16.3. The number of aryl methyl sites for hydroxylation is 2. The van der Waals surface area contributed by atoms with Gasteiger partial charge in [-0.1, -0.05) is 73.5 Å².